The molecule has 0 aromatic carbocycles. The largest absolute Gasteiger partial charge is 0.481 e. The second-order valence-corrected chi connectivity index (χ2v) is 6.02. The van der Waals surface area contributed by atoms with Gasteiger partial charge in [0.25, 0.3) is 0 Å². The van der Waals surface area contributed by atoms with Crippen molar-refractivity contribution in [2.45, 2.75) is 51.5 Å². The highest BCUT2D eigenvalue weighted by atomic mass is 16.5. The number of nitrogens with zero attached hydrogens (tertiary/aromatic N) is 1. The Hall–Kier alpha value is -0.610. The summed E-state index contributed by atoms with van der Waals surface area (Å²) in [5.74, 6) is -0.176. The van der Waals surface area contributed by atoms with Crippen LogP contribution in [0.5, 0.6) is 0 Å². The van der Waals surface area contributed by atoms with E-state index in [-0.39, 0.29) is 12.0 Å². The van der Waals surface area contributed by atoms with Gasteiger partial charge in [-0.25, -0.2) is 0 Å². The third kappa shape index (κ3) is 3.93. The highest BCUT2D eigenvalue weighted by Gasteiger charge is 2.37. The van der Waals surface area contributed by atoms with Crippen molar-refractivity contribution >= 4 is 5.97 Å². The van der Waals surface area contributed by atoms with Crippen molar-refractivity contribution in [3.8, 4) is 0 Å². The fourth-order valence-electron chi connectivity index (χ4n) is 3.52. The van der Waals surface area contributed by atoms with Crippen LogP contribution in [0, 0.1) is 11.8 Å². The molecular weight excluding hydrogens is 242 g/mol. The fraction of sp³-hybridized carbons (Fsp3) is 0.933. The Morgan fingerprint density at radius 2 is 2.00 bits per heavy atom. The summed E-state index contributed by atoms with van der Waals surface area (Å²) in [7, 11) is 0. The van der Waals surface area contributed by atoms with Crippen LogP contribution in [0.2, 0.25) is 0 Å². The number of hydrogen-bond acceptors (Lipinski definition) is 3. The zero-order valence-corrected chi connectivity index (χ0v) is 12.0. The zero-order chi connectivity index (χ0) is 13.7. The van der Waals surface area contributed by atoms with Crippen molar-refractivity contribution in [2.75, 3.05) is 26.3 Å². The second kappa shape index (κ2) is 7.25. The van der Waals surface area contributed by atoms with E-state index < -0.39 is 5.97 Å². The van der Waals surface area contributed by atoms with E-state index in [0.717, 1.165) is 25.4 Å². The molecule has 0 aromatic rings. The van der Waals surface area contributed by atoms with E-state index in [4.69, 9.17) is 4.74 Å². The van der Waals surface area contributed by atoms with Crippen LogP contribution in [0.4, 0.5) is 0 Å². The maximum absolute atomic E-state index is 11.3. The molecule has 0 bridgehead atoms. The monoisotopic (exact) mass is 269 g/mol. The van der Waals surface area contributed by atoms with Gasteiger partial charge < -0.3 is 9.84 Å². The average molecular weight is 269 g/mol. The maximum Gasteiger partial charge on any atom is 0.310 e. The number of rotatable bonds is 7. The Labute approximate surface area is 116 Å². The van der Waals surface area contributed by atoms with Gasteiger partial charge in [-0.15, -0.1) is 0 Å². The summed E-state index contributed by atoms with van der Waals surface area (Å²) < 4.78 is 5.41. The van der Waals surface area contributed by atoms with Crippen molar-refractivity contribution in [1.82, 2.24) is 4.90 Å². The number of carbonyl (C=O) groups is 1. The first-order valence-corrected chi connectivity index (χ1v) is 7.77. The summed E-state index contributed by atoms with van der Waals surface area (Å²) in [5, 5.41) is 9.27. The molecule has 4 heteroatoms. The van der Waals surface area contributed by atoms with Crippen LogP contribution in [0.1, 0.15) is 45.4 Å². The molecule has 2 unspecified atom stereocenters. The van der Waals surface area contributed by atoms with Crippen molar-refractivity contribution in [3.63, 3.8) is 0 Å². The van der Waals surface area contributed by atoms with Crippen LogP contribution in [0.15, 0.2) is 0 Å². The van der Waals surface area contributed by atoms with Crippen molar-refractivity contribution in [3.05, 3.63) is 0 Å². The minimum Gasteiger partial charge on any atom is -0.481 e. The summed E-state index contributed by atoms with van der Waals surface area (Å²) in [6.07, 6.45) is 7.79. The first-order valence-electron chi connectivity index (χ1n) is 7.77. The number of carboxylic acids is 1. The molecule has 1 aliphatic carbocycles. The average Bonchev–Trinajstić information content (AvgIpc) is 3.05. The number of hydrogen-bond donors (Lipinski definition) is 1. The third-order valence-corrected chi connectivity index (χ3v) is 4.65. The maximum atomic E-state index is 11.3. The molecule has 2 atom stereocenters. The Bertz CT molecular complexity index is 289. The summed E-state index contributed by atoms with van der Waals surface area (Å²) in [6, 6.07) is 0.0823. The van der Waals surface area contributed by atoms with Gasteiger partial charge in [-0.1, -0.05) is 32.6 Å². The smallest absolute Gasteiger partial charge is 0.310 e. The molecule has 2 fully saturated rings. The standard InChI is InChI=1S/C15H27NO3/c1-2-8-16(9-7-12-5-3-4-6-12)14-11-19-10-13(14)15(17)18/h12-14H,2-11H2,1H3,(H,17,18). The number of aliphatic carboxylic acids is 1. The van der Waals surface area contributed by atoms with Crippen molar-refractivity contribution in [2.24, 2.45) is 11.8 Å². The molecule has 1 aliphatic heterocycles. The molecule has 2 rings (SSSR count). The lowest BCUT2D eigenvalue weighted by atomic mass is 9.99. The molecule has 1 heterocycles. The van der Waals surface area contributed by atoms with Crippen LogP contribution in [0.3, 0.4) is 0 Å². The summed E-state index contributed by atoms with van der Waals surface area (Å²) in [4.78, 5) is 13.6. The summed E-state index contributed by atoms with van der Waals surface area (Å²) in [6.45, 7) is 5.15. The molecule has 2 aliphatic rings. The Kier molecular flexibility index (Phi) is 5.64. The Morgan fingerprint density at radius 3 is 2.63 bits per heavy atom. The predicted molar refractivity (Wildman–Crippen MR) is 74.2 cm³/mol. The van der Waals surface area contributed by atoms with Crippen LogP contribution in [-0.4, -0.2) is 48.3 Å². The SMILES string of the molecule is CCCN(CCC1CCCC1)C1COCC1C(=O)O. The highest BCUT2D eigenvalue weighted by Crippen LogP contribution is 2.29. The van der Waals surface area contributed by atoms with Crippen LogP contribution in [0.25, 0.3) is 0 Å². The molecule has 0 spiro atoms. The van der Waals surface area contributed by atoms with E-state index in [9.17, 15) is 9.90 Å². The quantitative estimate of drug-likeness (QED) is 0.771. The van der Waals surface area contributed by atoms with Gasteiger partial charge in [0, 0.05) is 6.04 Å². The van der Waals surface area contributed by atoms with E-state index in [2.05, 4.69) is 11.8 Å². The third-order valence-electron chi connectivity index (χ3n) is 4.65. The molecule has 110 valence electrons. The second-order valence-electron chi connectivity index (χ2n) is 6.02. The molecule has 19 heavy (non-hydrogen) atoms. The molecule has 0 aromatic heterocycles. The molecule has 4 nitrogen and oxygen atoms in total. The van der Waals surface area contributed by atoms with Gasteiger partial charge >= 0.3 is 5.97 Å². The van der Waals surface area contributed by atoms with Crippen LogP contribution < -0.4 is 0 Å². The van der Waals surface area contributed by atoms with Crippen molar-refractivity contribution < 1.29 is 14.6 Å². The van der Waals surface area contributed by atoms with E-state index in [0.29, 0.717) is 13.2 Å². The normalized spacial score (nSPS) is 28.3. The van der Waals surface area contributed by atoms with Gasteiger partial charge in [-0.05, 0) is 31.8 Å². The fourth-order valence-corrected chi connectivity index (χ4v) is 3.52. The van der Waals surface area contributed by atoms with Gasteiger partial charge in [0.05, 0.1) is 19.1 Å². The van der Waals surface area contributed by atoms with Gasteiger partial charge in [-0.2, -0.15) is 0 Å². The number of carboxylic acid groups (broad SMARTS) is 1. The topological polar surface area (TPSA) is 49.8 Å². The van der Waals surface area contributed by atoms with E-state index in [1.165, 1.54) is 32.1 Å². The van der Waals surface area contributed by atoms with Crippen LogP contribution in [-0.2, 0) is 9.53 Å². The van der Waals surface area contributed by atoms with Crippen molar-refractivity contribution in [1.29, 1.82) is 0 Å². The highest BCUT2D eigenvalue weighted by molar-refractivity contribution is 5.71. The minimum absolute atomic E-state index is 0.0823. The van der Waals surface area contributed by atoms with E-state index in [1.807, 2.05) is 0 Å². The zero-order valence-electron chi connectivity index (χ0n) is 12.0. The molecule has 1 saturated carbocycles. The van der Waals surface area contributed by atoms with E-state index >= 15 is 0 Å². The minimum atomic E-state index is -0.704. The van der Waals surface area contributed by atoms with Crippen LogP contribution >= 0.6 is 0 Å². The first kappa shape index (κ1) is 14.8. The molecule has 0 radical (unpaired) electrons. The molecular formula is C15H27NO3. The predicted octanol–water partition coefficient (Wildman–Crippen LogP) is 2.38. The first-order chi connectivity index (χ1) is 9.22. The molecule has 1 N–H and O–H groups in total. The lowest BCUT2D eigenvalue weighted by Gasteiger charge is -2.30. The molecule has 0 amide bonds. The summed E-state index contributed by atoms with van der Waals surface area (Å²) >= 11 is 0. The Balaban J connectivity index is 1.88. The van der Waals surface area contributed by atoms with Gasteiger partial charge in [0.1, 0.15) is 0 Å². The van der Waals surface area contributed by atoms with Gasteiger partial charge in [0.2, 0.25) is 0 Å². The summed E-state index contributed by atoms with van der Waals surface area (Å²) in [5.41, 5.74) is 0. The van der Waals surface area contributed by atoms with Gasteiger partial charge in [-0.3, -0.25) is 9.69 Å². The van der Waals surface area contributed by atoms with E-state index in [1.54, 1.807) is 0 Å². The van der Waals surface area contributed by atoms with Gasteiger partial charge in [0.15, 0.2) is 0 Å². The Morgan fingerprint density at radius 1 is 1.26 bits per heavy atom. The lowest BCUT2D eigenvalue weighted by molar-refractivity contribution is -0.143. The molecule has 1 saturated heterocycles. The number of ether oxygens (including phenoxy) is 1. The lowest BCUT2D eigenvalue weighted by Crippen LogP contribution is -2.44.